The number of carbonyl (C=O) groups excluding carboxylic acids is 2. The molecule has 172 valence electrons. The topological polar surface area (TPSA) is 52.6 Å². The normalized spacial score (nSPS) is 21.5. The van der Waals surface area contributed by atoms with Crippen LogP contribution in [0.4, 0.5) is 0 Å². The summed E-state index contributed by atoms with van der Waals surface area (Å²) in [6, 6.07) is 20.9. The van der Waals surface area contributed by atoms with Crippen molar-refractivity contribution < 1.29 is 18.8 Å². The summed E-state index contributed by atoms with van der Waals surface area (Å²) in [5, 5.41) is 2.20. The number of benzene rings is 2. The summed E-state index contributed by atoms with van der Waals surface area (Å²) in [4.78, 5) is 25.0. The zero-order chi connectivity index (χ0) is 23.2. The van der Waals surface area contributed by atoms with E-state index in [1.165, 1.54) is 10.4 Å². The van der Waals surface area contributed by atoms with Crippen LogP contribution in [0.1, 0.15) is 59.8 Å². The van der Waals surface area contributed by atoms with Gasteiger partial charge in [-0.3, -0.25) is 9.59 Å². The van der Waals surface area contributed by atoms with Gasteiger partial charge in [-0.25, -0.2) is 0 Å². The highest BCUT2D eigenvalue weighted by Gasteiger charge is 2.51. The van der Waals surface area contributed by atoms with Crippen molar-refractivity contribution in [2.45, 2.75) is 70.9 Å². The van der Waals surface area contributed by atoms with Crippen molar-refractivity contribution in [3.05, 3.63) is 60.7 Å². The molecule has 2 atom stereocenters. The van der Waals surface area contributed by atoms with Gasteiger partial charge in [-0.05, 0) is 34.2 Å². The van der Waals surface area contributed by atoms with Gasteiger partial charge < -0.3 is 9.16 Å². The Bertz CT molecular complexity index is 849. The molecule has 0 amide bonds. The fraction of sp³-hybridized carbons (Fsp3) is 0.481. The number of hydrogen-bond donors (Lipinski definition) is 0. The van der Waals surface area contributed by atoms with Gasteiger partial charge in [0.2, 0.25) is 0 Å². The smallest absolute Gasteiger partial charge is 0.308 e. The predicted octanol–water partition coefficient (Wildman–Crippen LogP) is 4.64. The molecule has 32 heavy (non-hydrogen) atoms. The number of esters is 1. The van der Waals surface area contributed by atoms with Gasteiger partial charge in [0, 0.05) is 12.8 Å². The van der Waals surface area contributed by atoms with E-state index in [4.69, 9.17) is 9.16 Å². The number of Topliss-reactive ketones (excluding diaryl/α,β-unsaturated/α-hetero) is 1. The van der Waals surface area contributed by atoms with E-state index in [1.807, 2.05) is 19.1 Å². The Morgan fingerprint density at radius 3 is 2.00 bits per heavy atom. The van der Waals surface area contributed by atoms with E-state index in [-0.39, 0.29) is 41.8 Å². The van der Waals surface area contributed by atoms with Gasteiger partial charge in [0.15, 0.2) is 0 Å². The fourth-order valence-electron chi connectivity index (χ4n) is 4.70. The minimum Gasteiger partial charge on any atom is -0.465 e. The van der Waals surface area contributed by atoms with E-state index in [0.29, 0.717) is 19.3 Å². The third-order valence-corrected chi connectivity index (χ3v) is 11.3. The summed E-state index contributed by atoms with van der Waals surface area (Å²) in [6.07, 6.45) is 2.30. The molecule has 4 nitrogen and oxygen atoms in total. The molecule has 0 unspecified atom stereocenters. The first kappa shape index (κ1) is 24.4. The molecule has 2 aromatic rings. The monoisotopic (exact) mass is 452 g/mol. The van der Waals surface area contributed by atoms with Crippen LogP contribution < -0.4 is 10.4 Å². The van der Waals surface area contributed by atoms with Crippen LogP contribution in [-0.2, 0) is 18.8 Å². The molecule has 0 saturated carbocycles. The highest BCUT2D eigenvalue weighted by molar-refractivity contribution is 6.99. The maximum atomic E-state index is 12.7. The lowest BCUT2D eigenvalue weighted by atomic mass is 10.0. The molecule has 0 aromatic heterocycles. The summed E-state index contributed by atoms with van der Waals surface area (Å²) in [5.41, 5.74) is 0. The molecule has 0 aliphatic carbocycles. The molecule has 1 fully saturated rings. The Morgan fingerprint density at radius 2 is 1.47 bits per heavy atom. The van der Waals surface area contributed by atoms with Crippen LogP contribution in [0.3, 0.4) is 0 Å². The second-order valence-corrected chi connectivity index (χ2v) is 14.3. The van der Waals surface area contributed by atoms with Crippen LogP contribution in [0.5, 0.6) is 0 Å². The lowest BCUT2D eigenvalue weighted by Gasteiger charge is -2.45. The maximum Gasteiger partial charge on any atom is 0.308 e. The minimum atomic E-state index is -2.77. The zero-order valence-electron chi connectivity index (χ0n) is 19.8. The molecule has 1 saturated heterocycles. The van der Waals surface area contributed by atoms with Gasteiger partial charge in [-0.1, -0.05) is 88.4 Å². The Morgan fingerprint density at radius 1 is 0.906 bits per heavy atom. The number of hydrogen-bond acceptors (Lipinski definition) is 4. The fourth-order valence-corrected chi connectivity index (χ4v) is 9.42. The van der Waals surface area contributed by atoms with Gasteiger partial charge in [-0.15, -0.1) is 0 Å². The quantitative estimate of drug-likeness (QED) is 0.501. The molecule has 0 N–H and O–H groups in total. The number of rotatable bonds is 4. The predicted molar refractivity (Wildman–Crippen MR) is 131 cm³/mol. The van der Waals surface area contributed by atoms with Crippen LogP contribution in [0, 0.1) is 5.92 Å². The first-order chi connectivity index (χ1) is 15.2. The molecule has 0 spiro atoms. The highest BCUT2D eigenvalue weighted by atomic mass is 28.4. The average Bonchev–Trinajstić information content (AvgIpc) is 2.78. The van der Waals surface area contributed by atoms with Crippen molar-refractivity contribution in [1.82, 2.24) is 0 Å². The van der Waals surface area contributed by atoms with E-state index in [0.717, 1.165) is 6.42 Å². The summed E-state index contributed by atoms with van der Waals surface area (Å²) >= 11 is 0. The van der Waals surface area contributed by atoms with Gasteiger partial charge in [0.25, 0.3) is 8.32 Å². The summed E-state index contributed by atoms with van der Waals surface area (Å²) in [7, 11) is -2.77. The molecular formula is C27H36O4Si. The zero-order valence-corrected chi connectivity index (χ0v) is 20.8. The second kappa shape index (κ2) is 10.6. The van der Waals surface area contributed by atoms with Crippen molar-refractivity contribution in [3.63, 3.8) is 0 Å². The van der Waals surface area contributed by atoms with Gasteiger partial charge >= 0.3 is 5.97 Å². The number of carbonyl (C=O) groups is 2. The molecule has 2 aromatic carbocycles. The van der Waals surface area contributed by atoms with E-state index in [9.17, 15) is 9.59 Å². The average molecular weight is 453 g/mol. The Kier molecular flexibility index (Phi) is 8.07. The van der Waals surface area contributed by atoms with Gasteiger partial charge in [0.1, 0.15) is 5.78 Å². The van der Waals surface area contributed by atoms with Crippen molar-refractivity contribution >= 4 is 30.4 Å². The van der Waals surface area contributed by atoms with Crippen LogP contribution in [0.2, 0.25) is 5.04 Å². The van der Waals surface area contributed by atoms with Gasteiger partial charge in [-0.2, -0.15) is 0 Å². The Hall–Kier alpha value is -2.24. The first-order valence-corrected chi connectivity index (χ1v) is 13.6. The first-order valence-electron chi connectivity index (χ1n) is 11.7. The van der Waals surface area contributed by atoms with Crippen molar-refractivity contribution in [3.8, 4) is 0 Å². The van der Waals surface area contributed by atoms with Crippen molar-refractivity contribution in [2.24, 2.45) is 5.92 Å². The van der Waals surface area contributed by atoms with Crippen molar-refractivity contribution in [1.29, 1.82) is 0 Å². The summed E-state index contributed by atoms with van der Waals surface area (Å²) in [5.74, 6) is 0.0503. The Balaban J connectivity index is 2.02. The molecule has 3 rings (SSSR count). The third kappa shape index (κ3) is 5.76. The SMILES string of the molecule is C[C@H]1COC(=O)C[C@H](O[Si](c2ccccc2)(c2ccccc2)C(C)(C)C)CCCC(=O)C1. The molecule has 0 bridgehead atoms. The number of cyclic esters (lactones) is 1. The minimum absolute atomic E-state index is 0.0561. The summed E-state index contributed by atoms with van der Waals surface area (Å²) in [6.45, 7) is 8.94. The lowest BCUT2D eigenvalue weighted by molar-refractivity contribution is -0.147. The highest BCUT2D eigenvalue weighted by Crippen LogP contribution is 2.38. The van der Waals surface area contributed by atoms with Crippen LogP contribution in [-0.4, -0.2) is 32.8 Å². The molecule has 1 aliphatic rings. The van der Waals surface area contributed by atoms with Crippen molar-refractivity contribution in [2.75, 3.05) is 6.61 Å². The van der Waals surface area contributed by atoms with Crippen LogP contribution in [0.25, 0.3) is 0 Å². The number of ketones is 1. The van der Waals surface area contributed by atoms with E-state index in [2.05, 4.69) is 69.3 Å². The maximum absolute atomic E-state index is 12.7. The molecule has 1 heterocycles. The third-order valence-electron chi connectivity index (χ3n) is 6.24. The molecule has 0 radical (unpaired) electrons. The summed E-state index contributed by atoms with van der Waals surface area (Å²) < 4.78 is 12.7. The molecule has 1 aliphatic heterocycles. The largest absolute Gasteiger partial charge is 0.465 e. The Labute approximate surface area is 193 Å². The van der Waals surface area contributed by atoms with E-state index in [1.54, 1.807) is 0 Å². The second-order valence-electron chi connectivity index (χ2n) is 10.0. The molecule has 5 heteroatoms. The lowest BCUT2D eigenvalue weighted by Crippen LogP contribution is -2.67. The van der Waals surface area contributed by atoms with Gasteiger partial charge in [0.05, 0.1) is 19.1 Å². The van der Waals surface area contributed by atoms with E-state index < -0.39 is 8.32 Å². The standard InChI is InChI=1S/C27H36O4Si/c1-21-18-22(28)12-11-13-23(19-26(29)30-20-21)31-32(27(2,3)4,24-14-7-5-8-15-24)25-16-9-6-10-17-25/h5-10,14-17,21,23H,11-13,18-20H2,1-4H3/t21-,23-/m1/s1. The number of ether oxygens (including phenoxy) is 1. The molecular weight excluding hydrogens is 416 g/mol. The van der Waals surface area contributed by atoms with Crippen LogP contribution in [0.15, 0.2) is 60.7 Å². The van der Waals surface area contributed by atoms with E-state index >= 15 is 0 Å². The van der Waals surface area contributed by atoms with Crippen LogP contribution >= 0.6 is 0 Å².